The Morgan fingerprint density at radius 2 is 1.75 bits per heavy atom. The molecule has 1 nitrogen and oxygen atoms in total. The fraction of sp³-hybridized carbons (Fsp3) is 0. The SMILES string of the molecule is Fc1cc([B-](F)(F)F)cnc1F. The minimum absolute atomic E-state index is 0.0856. The number of hydrogen-bond acceptors (Lipinski definition) is 1. The Hall–Kier alpha value is -1.14. The van der Waals surface area contributed by atoms with Crippen molar-refractivity contribution in [3.63, 3.8) is 0 Å². The van der Waals surface area contributed by atoms with Crippen LogP contribution in [0.4, 0.5) is 21.7 Å². The van der Waals surface area contributed by atoms with Gasteiger partial charge in [0, 0.05) is 6.20 Å². The largest absolute Gasteiger partial charge is 0.511 e. The number of nitrogens with zero attached hydrogens (tertiary/aromatic N) is 1. The summed E-state index contributed by atoms with van der Waals surface area (Å²) in [5, 5.41) is 0. The van der Waals surface area contributed by atoms with E-state index < -0.39 is 24.2 Å². The molecule has 0 fully saturated rings. The van der Waals surface area contributed by atoms with Gasteiger partial charge in [0.2, 0.25) is 5.95 Å². The molecular weight excluding hydrogens is 180 g/mol. The van der Waals surface area contributed by atoms with Gasteiger partial charge in [-0.25, -0.2) is 9.37 Å². The second-order valence-electron chi connectivity index (χ2n) is 2.12. The van der Waals surface area contributed by atoms with Crippen molar-refractivity contribution in [2.45, 2.75) is 0 Å². The summed E-state index contributed by atoms with van der Waals surface area (Å²) in [5.41, 5.74) is -1.24. The lowest BCUT2D eigenvalue weighted by atomic mass is 9.81. The second-order valence-corrected chi connectivity index (χ2v) is 2.12. The number of hydrogen-bond donors (Lipinski definition) is 0. The fourth-order valence-electron chi connectivity index (χ4n) is 0.615. The average molecular weight is 182 g/mol. The monoisotopic (exact) mass is 182 g/mol. The van der Waals surface area contributed by atoms with Crippen molar-refractivity contribution in [2.75, 3.05) is 0 Å². The number of halogens is 5. The molecule has 12 heavy (non-hydrogen) atoms. The van der Waals surface area contributed by atoms with Crippen molar-refractivity contribution in [1.29, 1.82) is 0 Å². The molecule has 0 atom stereocenters. The van der Waals surface area contributed by atoms with Crippen LogP contribution in [0.25, 0.3) is 0 Å². The lowest BCUT2D eigenvalue weighted by Gasteiger charge is -2.13. The molecule has 1 aromatic heterocycles. The molecular formula is C5H2BF5N-. The van der Waals surface area contributed by atoms with E-state index in [1.54, 1.807) is 0 Å². The standard InChI is InChI=1S/C5H2BF5N/c7-4-1-3(6(9,10)11)2-12-5(4)8/h1-2H/q-1. The van der Waals surface area contributed by atoms with Gasteiger partial charge in [0.1, 0.15) is 0 Å². The molecule has 0 saturated carbocycles. The predicted molar refractivity (Wildman–Crippen MR) is 32.9 cm³/mol. The molecule has 1 rings (SSSR count). The van der Waals surface area contributed by atoms with Gasteiger partial charge in [-0.1, -0.05) is 5.46 Å². The third-order valence-corrected chi connectivity index (χ3v) is 1.20. The van der Waals surface area contributed by atoms with E-state index in [2.05, 4.69) is 4.98 Å². The van der Waals surface area contributed by atoms with Gasteiger partial charge in [0.25, 0.3) is 0 Å². The highest BCUT2D eigenvalue weighted by Gasteiger charge is 2.26. The Labute approximate surface area is 64.3 Å². The van der Waals surface area contributed by atoms with Gasteiger partial charge in [-0.05, 0) is 6.07 Å². The zero-order chi connectivity index (χ0) is 9.35. The van der Waals surface area contributed by atoms with Crippen molar-refractivity contribution < 1.29 is 21.7 Å². The predicted octanol–water partition coefficient (Wildman–Crippen LogP) is 1.41. The highest BCUT2D eigenvalue weighted by atomic mass is 19.4. The first kappa shape index (κ1) is 8.96. The average Bonchev–Trinajstić information content (AvgIpc) is 1.92. The van der Waals surface area contributed by atoms with Crippen molar-refractivity contribution in [3.05, 3.63) is 24.0 Å². The van der Waals surface area contributed by atoms with Gasteiger partial charge in [-0.15, -0.1) is 0 Å². The van der Waals surface area contributed by atoms with E-state index in [1.807, 2.05) is 0 Å². The molecule has 0 aromatic carbocycles. The molecule has 0 N–H and O–H groups in total. The Bertz CT molecular complexity index is 296. The molecule has 0 aliphatic heterocycles. The summed E-state index contributed by atoms with van der Waals surface area (Å²) in [4.78, 5) is 2.60. The maximum atomic E-state index is 12.2. The van der Waals surface area contributed by atoms with Crippen molar-refractivity contribution in [1.82, 2.24) is 4.98 Å². The molecule has 66 valence electrons. The number of pyridine rings is 1. The maximum Gasteiger partial charge on any atom is 0.511 e. The van der Waals surface area contributed by atoms with Crippen LogP contribution in [0.2, 0.25) is 0 Å². The molecule has 0 spiro atoms. The van der Waals surface area contributed by atoms with Gasteiger partial charge in [0.05, 0.1) is 0 Å². The summed E-state index contributed by atoms with van der Waals surface area (Å²) in [6.07, 6.45) is 0.262. The minimum atomic E-state index is -5.31. The van der Waals surface area contributed by atoms with Gasteiger partial charge in [-0.2, -0.15) is 4.39 Å². The highest BCUT2D eigenvalue weighted by Crippen LogP contribution is 2.09. The third kappa shape index (κ3) is 1.72. The van der Waals surface area contributed by atoms with Crippen LogP contribution in [-0.2, 0) is 0 Å². The van der Waals surface area contributed by atoms with Crippen molar-refractivity contribution >= 4 is 12.4 Å². The Morgan fingerprint density at radius 3 is 2.17 bits per heavy atom. The van der Waals surface area contributed by atoms with Crippen LogP contribution in [0.1, 0.15) is 0 Å². The van der Waals surface area contributed by atoms with Crippen LogP contribution in [0.15, 0.2) is 12.3 Å². The lowest BCUT2D eigenvalue weighted by molar-refractivity contribution is 0.474. The molecule has 0 radical (unpaired) electrons. The summed E-state index contributed by atoms with van der Waals surface area (Å²) >= 11 is 0. The quantitative estimate of drug-likeness (QED) is 0.363. The fourth-order valence-corrected chi connectivity index (χ4v) is 0.615. The van der Waals surface area contributed by atoms with Crippen LogP contribution in [0.3, 0.4) is 0 Å². The zero-order valence-corrected chi connectivity index (χ0v) is 5.57. The molecule has 0 aliphatic carbocycles. The topological polar surface area (TPSA) is 12.9 Å². The number of aromatic nitrogens is 1. The Morgan fingerprint density at radius 1 is 1.17 bits per heavy atom. The van der Waals surface area contributed by atoms with Gasteiger partial charge < -0.3 is 12.9 Å². The summed E-state index contributed by atoms with van der Waals surface area (Å²) in [6, 6.07) is 0.0856. The van der Waals surface area contributed by atoms with Crippen LogP contribution in [0.5, 0.6) is 0 Å². The van der Waals surface area contributed by atoms with E-state index in [-0.39, 0.29) is 12.3 Å². The highest BCUT2D eigenvalue weighted by molar-refractivity contribution is 6.73. The van der Waals surface area contributed by atoms with E-state index in [4.69, 9.17) is 0 Å². The molecule has 0 bridgehead atoms. The summed E-state index contributed by atoms with van der Waals surface area (Å²) in [7, 11) is 0. The van der Waals surface area contributed by atoms with Crippen LogP contribution < -0.4 is 5.46 Å². The van der Waals surface area contributed by atoms with Crippen LogP contribution in [0, 0.1) is 11.8 Å². The van der Waals surface area contributed by atoms with Gasteiger partial charge in [-0.3, -0.25) is 0 Å². The van der Waals surface area contributed by atoms with Gasteiger partial charge >= 0.3 is 6.98 Å². The third-order valence-electron chi connectivity index (χ3n) is 1.20. The summed E-state index contributed by atoms with van der Waals surface area (Å²) in [6.45, 7) is -5.31. The first-order valence-corrected chi connectivity index (χ1v) is 2.92. The van der Waals surface area contributed by atoms with Crippen molar-refractivity contribution in [2.24, 2.45) is 0 Å². The maximum absolute atomic E-state index is 12.2. The Kier molecular flexibility index (Phi) is 2.03. The normalized spacial score (nSPS) is 11.8. The second kappa shape index (κ2) is 2.73. The van der Waals surface area contributed by atoms with E-state index in [1.165, 1.54) is 0 Å². The minimum Gasteiger partial charge on any atom is -0.445 e. The first-order chi connectivity index (χ1) is 5.41. The first-order valence-electron chi connectivity index (χ1n) is 2.92. The molecule has 0 amide bonds. The summed E-state index contributed by atoms with van der Waals surface area (Å²) < 4.78 is 59.7. The zero-order valence-electron chi connectivity index (χ0n) is 5.57. The van der Waals surface area contributed by atoms with Gasteiger partial charge in [0.15, 0.2) is 5.82 Å². The molecule has 0 saturated heterocycles. The van der Waals surface area contributed by atoms with E-state index in [0.717, 1.165) is 0 Å². The van der Waals surface area contributed by atoms with Crippen LogP contribution in [-0.4, -0.2) is 12.0 Å². The number of rotatable bonds is 1. The molecule has 1 heterocycles. The Balaban J connectivity index is 3.14. The van der Waals surface area contributed by atoms with E-state index >= 15 is 0 Å². The molecule has 0 unspecified atom stereocenters. The summed E-state index contributed by atoms with van der Waals surface area (Å²) in [5.74, 6) is -3.12. The van der Waals surface area contributed by atoms with E-state index in [9.17, 15) is 21.7 Å². The lowest BCUT2D eigenvalue weighted by Crippen LogP contribution is -2.34. The van der Waals surface area contributed by atoms with Crippen molar-refractivity contribution in [3.8, 4) is 0 Å². The molecule has 0 aliphatic rings. The molecule has 7 heteroatoms. The molecule has 1 aromatic rings. The smallest absolute Gasteiger partial charge is 0.445 e. The van der Waals surface area contributed by atoms with E-state index in [0.29, 0.717) is 0 Å². The van der Waals surface area contributed by atoms with Crippen LogP contribution >= 0.6 is 0 Å².